The van der Waals surface area contributed by atoms with Gasteiger partial charge < -0.3 is 5.32 Å². The van der Waals surface area contributed by atoms with Gasteiger partial charge in [0.25, 0.3) is 0 Å². The third-order valence-corrected chi connectivity index (χ3v) is 5.92. The van der Waals surface area contributed by atoms with E-state index in [4.69, 9.17) is 0 Å². The number of carbonyl (C=O) groups is 1. The van der Waals surface area contributed by atoms with E-state index in [-0.39, 0.29) is 11.3 Å². The van der Waals surface area contributed by atoms with Gasteiger partial charge in [0.2, 0.25) is 5.91 Å². The van der Waals surface area contributed by atoms with E-state index in [0.717, 1.165) is 5.56 Å². The summed E-state index contributed by atoms with van der Waals surface area (Å²) in [6.07, 6.45) is 4.20. The van der Waals surface area contributed by atoms with Crippen molar-refractivity contribution in [3.63, 3.8) is 0 Å². The van der Waals surface area contributed by atoms with E-state index in [2.05, 4.69) is 17.2 Å². The van der Waals surface area contributed by atoms with Crippen LogP contribution in [0.3, 0.4) is 0 Å². The highest BCUT2D eigenvalue weighted by molar-refractivity contribution is 7.92. The predicted molar refractivity (Wildman–Crippen MR) is 108 cm³/mol. The Morgan fingerprint density at radius 3 is 2.33 bits per heavy atom. The third-order valence-electron chi connectivity index (χ3n) is 3.88. The fourth-order valence-electron chi connectivity index (χ4n) is 2.51. The van der Waals surface area contributed by atoms with Crippen molar-refractivity contribution in [2.24, 2.45) is 0 Å². The van der Waals surface area contributed by atoms with Crippen LogP contribution in [0.15, 0.2) is 77.7 Å². The van der Waals surface area contributed by atoms with Crippen molar-refractivity contribution < 1.29 is 13.2 Å². The molecule has 2 rings (SSSR count). The molecule has 0 aliphatic rings. The van der Waals surface area contributed by atoms with Gasteiger partial charge >= 0.3 is 0 Å². The summed E-state index contributed by atoms with van der Waals surface area (Å²) < 4.78 is 26.0. The minimum Gasteiger partial charge on any atom is -0.336 e. The monoisotopic (exact) mass is 381 g/mol. The van der Waals surface area contributed by atoms with E-state index in [9.17, 15) is 13.2 Å². The largest absolute Gasteiger partial charge is 0.336 e. The zero-order chi connectivity index (χ0) is 19.5. The predicted octanol–water partition coefficient (Wildman–Crippen LogP) is 3.51. The van der Waals surface area contributed by atoms with E-state index in [0.29, 0.717) is 12.8 Å². The van der Waals surface area contributed by atoms with E-state index in [1.807, 2.05) is 37.3 Å². The maximum atomic E-state index is 13.0. The van der Waals surface area contributed by atoms with Crippen molar-refractivity contribution in [3.8, 4) is 11.8 Å². The highest BCUT2D eigenvalue weighted by atomic mass is 32.2. The second-order valence-corrected chi connectivity index (χ2v) is 8.02. The van der Waals surface area contributed by atoms with Gasteiger partial charge in [-0.15, -0.1) is 0 Å². The molecule has 0 radical (unpaired) electrons. The number of carbonyl (C=O) groups excluding carboxylic acids is 1. The maximum Gasteiger partial charge on any atom is 0.245 e. The number of hydrogen-bond donors (Lipinski definition) is 1. The molecule has 0 bridgehead atoms. The molecule has 0 spiro atoms. The number of nitrogens with one attached hydrogen (secondary N) is 1. The average Bonchev–Trinajstić information content (AvgIpc) is 2.70. The van der Waals surface area contributed by atoms with Crippen LogP contribution in [0.4, 0.5) is 0 Å². The highest BCUT2D eigenvalue weighted by Gasteiger charge is 2.28. The van der Waals surface area contributed by atoms with Gasteiger partial charge in [0, 0.05) is 12.5 Å². The van der Waals surface area contributed by atoms with Crippen LogP contribution in [-0.2, 0) is 21.1 Å². The van der Waals surface area contributed by atoms with Gasteiger partial charge in [-0.1, -0.05) is 67.3 Å². The average molecular weight is 381 g/mol. The van der Waals surface area contributed by atoms with Crippen molar-refractivity contribution in [3.05, 3.63) is 78.4 Å². The lowest BCUT2D eigenvalue weighted by Gasteiger charge is -2.19. The Morgan fingerprint density at radius 1 is 1.07 bits per heavy atom. The maximum absolute atomic E-state index is 13.0. The van der Waals surface area contributed by atoms with Gasteiger partial charge in [0.05, 0.1) is 4.90 Å². The molecule has 140 valence electrons. The Kier molecular flexibility index (Phi) is 7.84. The second-order valence-electron chi connectivity index (χ2n) is 5.89. The quantitative estimate of drug-likeness (QED) is 0.590. The van der Waals surface area contributed by atoms with Crippen molar-refractivity contribution in [2.45, 2.75) is 36.5 Å². The normalized spacial score (nSPS) is 12.2. The van der Waals surface area contributed by atoms with E-state index in [1.54, 1.807) is 30.3 Å². The minimum absolute atomic E-state index is 0.193. The molecule has 0 aromatic heterocycles. The summed E-state index contributed by atoms with van der Waals surface area (Å²) in [7, 11) is -3.70. The first kappa shape index (κ1) is 20.5. The van der Waals surface area contributed by atoms with Crippen LogP contribution in [0, 0.1) is 11.8 Å². The van der Waals surface area contributed by atoms with Crippen LogP contribution in [0.1, 0.15) is 25.3 Å². The Labute approximate surface area is 161 Å². The second kappa shape index (κ2) is 10.3. The molecule has 0 aliphatic carbocycles. The molecular formula is C22H23NO3S. The number of rotatable bonds is 7. The van der Waals surface area contributed by atoms with E-state index >= 15 is 0 Å². The molecule has 0 saturated heterocycles. The van der Waals surface area contributed by atoms with Crippen molar-refractivity contribution >= 4 is 15.7 Å². The highest BCUT2D eigenvalue weighted by Crippen LogP contribution is 2.18. The molecule has 0 heterocycles. The van der Waals surface area contributed by atoms with Gasteiger partial charge in [0.1, 0.15) is 5.37 Å². The number of aryl methyl sites for hydroxylation is 1. The number of sulfone groups is 1. The van der Waals surface area contributed by atoms with Crippen molar-refractivity contribution in [1.82, 2.24) is 5.32 Å². The standard InChI is InChI=1S/C22H23NO3S/c1-2-3-4-11-16-21(24)23-22(18-17-19-12-7-5-8-13-19)27(25,26)20-14-9-6-10-15-20/h5-16,22H,2,17-18H2,1H3,(H,23,24)/b16-11-. The first-order valence-electron chi connectivity index (χ1n) is 8.82. The first-order valence-corrected chi connectivity index (χ1v) is 10.4. The molecule has 0 saturated carbocycles. The Bertz CT molecular complexity index is 924. The van der Waals surface area contributed by atoms with Crippen LogP contribution >= 0.6 is 0 Å². The zero-order valence-electron chi connectivity index (χ0n) is 15.3. The summed E-state index contributed by atoms with van der Waals surface area (Å²) in [6.45, 7) is 1.91. The molecule has 0 aliphatic heterocycles. The zero-order valence-corrected chi connectivity index (χ0v) is 16.1. The summed E-state index contributed by atoms with van der Waals surface area (Å²) in [5, 5.41) is 1.60. The lowest BCUT2D eigenvalue weighted by molar-refractivity contribution is -0.116. The molecular weight excluding hydrogens is 358 g/mol. The van der Waals surface area contributed by atoms with Crippen LogP contribution in [0.2, 0.25) is 0 Å². The molecule has 4 nitrogen and oxygen atoms in total. The van der Waals surface area contributed by atoms with Crippen LogP contribution < -0.4 is 5.32 Å². The smallest absolute Gasteiger partial charge is 0.245 e. The van der Waals surface area contributed by atoms with E-state index < -0.39 is 21.1 Å². The number of benzene rings is 2. The fraction of sp³-hybridized carbons (Fsp3) is 0.227. The third kappa shape index (κ3) is 6.43. The summed E-state index contributed by atoms with van der Waals surface area (Å²) in [5.41, 5.74) is 1.02. The molecule has 1 atom stereocenters. The summed E-state index contributed by atoms with van der Waals surface area (Å²) in [6, 6.07) is 17.8. The molecule has 2 aromatic carbocycles. The van der Waals surface area contributed by atoms with Crippen molar-refractivity contribution in [1.29, 1.82) is 0 Å². The Morgan fingerprint density at radius 2 is 1.70 bits per heavy atom. The Hall–Kier alpha value is -2.84. The molecule has 5 heteroatoms. The molecule has 0 fully saturated rings. The van der Waals surface area contributed by atoms with Gasteiger partial charge in [-0.25, -0.2) is 8.42 Å². The SMILES string of the molecule is CCC#C/C=C\C(=O)NC(CCc1ccccc1)S(=O)(=O)c1ccccc1. The lowest BCUT2D eigenvalue weighted by atomic mass is 10.1. The van der Waals surface area contributed by atoms with Gasteiger partial charge in [-0.2, -0.15) is 0 Å². The fourth-order valence-corrected chi connectivity index (χ4v) is 4.07. The lowest BCUT2D eigenvalue weighted by Crippen LogP contribution is -2.40. The summed E-state index contributed by atoms with van der Waals surface area (Å²) >= 11 is 0. The summed E-state index contributed by atoms with van der Waals surface area (Å²) in [4.78, 5) is 12.4. The molecule has 2 aromatic rings. The summed E-state index contributed by atoms with van der Waals surface area (Å²) in [5.74, 6) is 5.08. The minimum atomic E-state index is -3.70. The van der Waals surface area contributed by atoms with Crippen LogP contribution in [0.5, 0.6) is 0 Å². The molecule has 27 heavy (non-hydrogen) atoms. The molecule has 1 unspecified atom stereocenters. The number of allylic oxidation sites excluding steroid dienone is 1. The Balaban J connectivity index is 2.20. The van der Waals surface area contributed by atoms with Gasteiger partial charge in [-0.05, 0) is 36.6 Å². The van der Waals surface area contributed by atoms with Crippen LogP contribution in [-0.4, -0.2) is 19.7 Å². The van der Waals surface area contributed by atoms with E-state index in [1.165, 1.54) is 12.2 Å². The van der Waals surface area contributed by atoms with Gasteiger partial charge in [0.15, 0.2) is 9.84 Å². The van der Waals surface area contributed by atoms with Crippen molar-refractivity contribution in [2.75, 3.05) is 0 Å². The number of amides is 1. The molecule has 1 amide bonds. The molecule has 1 N–H and O–H groups in total. The number of hydrogen-bond acceptors (Lipinski definition) is 3. The first-order chi connectivity index (χ1) is 13.0. The topological polar surface area (TPSA) is 63.2 Å². The van der Waals surface area contributed by atoms with Gasteiger partial charge in [-0.3, -0.25) is 4.79 Å². The van der Waals surface area contributed by atoms with Crippen LogP contribution in [0.25, 0.3) is 0 Å².